The molecule has 2 rings (SSSR count). The third kappa shape index (κ3) is 5.68. The molecule has 1 aliphatic heterocycles. The smallest absolute Gasteiger partial charge is 0.407 e. The zero-order valence-electron chi connectivity index (χ0n) is 14.2. The van der Waals surface area contributed by atoms with Gasteiger partial charge in [-0.3, -0.25) is 4.90 Å². The van der Waals surface area contributed by atoms with Gasteiger partial charge in [0.2, 0.25) is 0 Å². The fourth-order valence-corrected chi connectivity index (χ4v) is 2.74. The van der Waals surface area contributed by atoms with E-state index in [-0.39, 0.29) is 12.1 Å². The van der Waals surface area contributed by atoms with Crippen LogP contribution in [0.1, 0.15) is 44.7 Å². The first kappa shape index (κ1) is 16.8. The summed E-state index contributed by atoms with van der Waals surface area (Å²) in [5.41, 5.74) is 2.16. The maximum Gasteiger partial charge on any atom is 0.407 e. The monoisotopic (exact) mass is 304 g/mol. The number of rotatable bonds is 3. The van der Waals surface area contributed by atoms with Crippen LogP contribution in [-0.4, -0.2) is 35.7 Å². The Hall–Kier alpha value is -1.55. The van der Waals surface area contributed by atoms with E-state index in [1.54, 1.807) is 0 Å². The van der Waals surface area contributed by atoms with Crippen molar-refractivity contribution in [2.24, 2.45) is 0 Å². The summed E-state index contributed by atoms with van der Waals surface area (Å²) in [6, 6.07) is 8.83. The van der Waals surface area contributed by atoms with Gasteiger partial charge in [0.15, 0.2) is 0 Å². The highest BCUT2D eigenvalue weighted by Gasteiger charge is 2.24. The lowest BCUT2D eigenvalue weighted by Crippen LogP contribution is -2.48. The van der Waals surface area contributed by atoms with E-state index in [2.05, 4.69) is 41.4 Å². The summed E-state index contributed by atoms with van der Waals surface area (Å²) in [5, 5.41) is 3.00. The van der Waals surface area contributed by atoms with Crippen molar-refractivity contribution in [1.29, 1.82) is 0 Å². The van der Waals surface area contributed by atoms with Crippen LogP contribution in [-0.2, 0) is 11.3 Å². The summed E-state index contributed by atoms with van der Waals surface area (Å²) in [6.07, 6.45) is 1.81. The number of carbonyl (C=O) groups excluding carboxylic acids is 1. The fraction of sp³-hybridized carbons (Fsp3) is 0.611. The van der Waals surface area contributed by atoms with E-state index in [1.807, 2.05) is 20.8 Å². The van der Waals surface area contributed by atoms with Crippen molar-refractivity contribution in [3.05, 3.63) is 35.4 Å². The number of piperidine rings is 1. The normalized spacial score (nSPS) is 19.7. The Morgan fingerprint density at radius 1 is 1.32 bits per heavy atom. The Morgan fingerprint density at radius 2 is 2.00 bits per heavy atom. The van der Waals surface area contributed by atoms with Crippen LogP contribution in [0.5, 0.6) is 0 Å². The van der Waals surface area contributed by atoms with Crippen molar-refractivity contribution in [2.75, 3.05) is 13.1 Å². The van der Waals surface area contributed by atoms with Gasteiger partial charge in [-0.25, -0.2) is 4.79 Å². The molecule has 1 saturated heterocycles. The van der Waals surface area contributed by atoms with Crippen LogP contribution in [0.15, 0.2) is 24.3 Å². The number of hydrogen-bond donors (Lipinski definition) is 1. The highest BCUT2D eigenvalue weighted by atomic mass is 16.6. The summed E-state index contributed by atoms with van der Waals surface area (Å²) in [5.74, 6) is 0. The highest BCUT2D eigenvalue weighted by Crippen LogP contribution is 2.15. The van der Waals surface area contributed by atoms with E-state index in [1.165, 1.54) is 11.1 Å². The summed E-state index contributed by atoms with van der Waals surface area (Å²) >= 11 is 0. The SMILES string of the molecule is Cc1ccc(CN2CCC[C@@H](NC(=O)OC(C)(C)C)C2)cc1. The largest absolute Gasteiger partial charge is 0.444 e. The number of nitrogens with zero attached hydrogens (tertiary/aromatic N) is 1. The molecule has 22 heavy (non-hydrogen) atoms. The first-order chi connectivity index (χ1) is 10.3. The van der Waals surface area contributed by atoms with Crippen molar-refractivity contribution in [3.8, 4) is 0 Å². The average Bonchev–Trinajstić information content (AvgIpc) is 2.39. The van der Waals surface area contributed by atoms with Crippen LogP contribution in [0.25, 0.3) is 0 Å². The van der Waals surface area contributed by atoms with Crippen LogP contribution in [0.4, 0.5) is 4.79 Å². The van der Waals surface area contributed by atoms with Crippen molar-refractivity contribution in [2.45, 2.75) is 58.7 Å². The predicted octanol–water partition coefficient (Wildman–Crippen LogP) is 3.48. The number of ether oxygens (including phenoxy) is 1. The molecule has 0 aliphatic carbocycles. The molecule has 1 aromatic carbocycles. The molecule has 4 nitrogen and oxygen atoms in total. The molecule has 1 atom stereocenters. The zero-order valence-corrected chi connectivity index (χ0v) is 14.2. The number of hydrogen-bond acceptors (Lipinski definition) is 3. The first-order valence-electron chi connectivity index (χ1n) is 8.09. The van der Waals surface area contributed by atoms with E-state index >= 15 is 0 Å². The molecule has 0 radical (unpaired) electrons. The summed E-state index contributed by atoms with van der Waals surface area (Å²) in [7, 11) is 0. The predicted molar refractivity (Wildman–Crippen MR) is 88.8 cm³/mol. The standard InChI is InChI=1S/C18H28N2O2/c1-14-7-9-15(10-8-14)12-20-11-5-6-16(13-20)19-17(21)22-18(2,3)4/h7-10,16H,5-6,11-13H2,1-4H3,(H,19,21)/t16-/m1/s1. The minimum Gasteiger partial charge on any atom is -0.444 e. The molecule has 4 heteroatoms. The number of alkyl carbamates (subject to hydrolysis) is 1. The van der Waals surface area contributed by atoms with Crippen LogP contribution in [0.2, 0.25) is 0 Å². The van der Waals surface area contributed by atoms with Gasteiger partial charge >= 0.3 is 6.09 Å². The molecule has 0 unspecified atom stereocenters. The minimum absolute atomic E-state index is 0.175. The van der Waals surface area contributed by atoms with E-state index < -0.39 is 5.60 Å². The van der Waals surface area contributed by atoms with Crippen LogP contribution < -0.4 is 5.32 Å². The van der Waals surface area contributed by atoms with Crippen molar-refractivity contribution in [1.82, 2.24) is 10.2 Å². The molecule has 0 saturated carbocycles. The second kappa shape index (κ2) is 7.14. The van der Waals surface area contributed by atoms with Crippen LogP contribution >= 0.6 is 0 Å². The van der Waals surface area contributed by atoms with Gasteiger partial charge < -0.3 is 10.1 Å². The molecule has 0 bridgehead atoms. The third-order valence-electron chi connectivity index (χ3n) is 3.75. The minimum atomic E-state index is -0.444. The molecule has 1 fully saturated rings. The number of amides is 1. The van der Waals surface area contributed by atoms with E-state index in [9.17, 15) is 4.79 Å². The fourth-order valence-electron chi connectivity index (χ4n) is 2.74. The highest BCUT2D eigenvalue weighted by molar-refractivity contribution is 5.68. The molecule has 1 aromatic rings. The molecular weight excluding hydrogens is 276 g/mol. The lowest BCUT2D eigenvalue weighted by Gasteiger charge is -2.33. The van der Waals surface area contributed by atoms with Crippen LogP contribution in [0.3, 0.4) is 0 Å². The average molecular weight is 304 g/mol. The number of carbonyl (C=O) groups is 1. The van der Waals surface area contributed by atoms with Crippen LogP contribution in [0, 0.1) is 6.92 Å². The van der Waals surface area contributed by atoms with Crippen molar-refractivity contribution >= 4 is 6.09 Å². The number of likely N-dealkylation sites (tertiary alicyclic amines) is 1. The maximum absolute atomic E-state index is 11.9. The molecule has 1 heterocycles. The number of nitrogens with one attached hydrogen (secondary N) is 1. The van der Waals surface area contributed by atoms with Gasteiger partial charge in [-0.1, -0.05) is 29.8 Å². The number of aryl methyl sites for hydroxylation is 1. The quantitative estimate of drug-likeness (QED) is 0.929. The molecule has 1 aliphatic rings. The Bertz CT molecular complexity index is 491. The lowest BCUT2D eigenvalue weighted by molar-refractivity contribution is 0.0470. The molecule has 0 spiro atoms. The topological polar surface area (TPSA) is 41.6 Å². The van der Waals surface area contributed by atoms with Gasteiger partial charge in [0.1, 0.15) is 5.60 Å². The Kier molecular flexibility index (Phi) is 5.46. The van der Waals surface area contributed by atoms with Gasteiger partial charge in [-0.2, -0.15) is 0 Å². The molecule has 1 amide bonds. The van der Waals surface area contributed by atoms with Gasteiger partial charge in [0.05, 0.1) is 0 Å². The Morgan fingerprint density at radius 3 is 2.64 bits per heavy atom. The third-order valence-corrected chi connectivity index (χ3v) is 3.75. The number of benzene rings is 1. The van der Waals surface area contributed by atoms with Gasteiger partial charge in [0.25, 0.3) is 0 Å². The van der Waals surface area contributed by atoms with Gasteiger partial charge in [-0.05, 0) is 52.6 Å². The van der Waals surface area contributed by atoms with E-state index in [0.717, 1.165) is 32.5 Å². The molecule has 0 aromatic heterocycles. The molecule has 122 valence electrons. The van der Waals surface area contributed by atoms with Crippen molar-refractivity contribution < 1.29 is 9.53 Å². The summed E-state index contributed by atoms with van der Waals surface area (Å²) < 4.78 is 5.34. The van der Waals surface area contributed by atoms with Gasteiger partial charge in [-0.15, -0.1) is 0 Å². The molecular formula is C18H28N2O2. The summed E-state index contributed by atoms with van der Waals surface area (Å²) in [4.78, 5) is 14.3. The van der Waals surface area contributed by atoms with Gasteiger partial charge in [0, 0.05) is 19.1 Å². The Labute approximate surface area is 133 Å². The molecule has 1 N–H and O–H groups in total. The maximum atomic E-state index is 11.9. The summed E-state index contributed by atoms with van der Waals surface area (Å²) in [6.45, 7) is 10.7. The second-order valence-electron chi connectivity index (χ2n) is 7.21. The van der Waals surface area contributed by atoms with E-state index in [4.69, 9.17) is 4.74 Å². The van der Waals surface area contributed by atoms with Crippen molar-refractivity contribution in [3.63, 3.8) is 0 Å². The lowest BCUT2D eigenvalue weighted by atomic mass is 10.0. The van der Waals surface area contributed by atoms with E-state index in [0.29, 0.717) is 0 Å². The zero-order chi connectivity index (χ0) is 16.2. The second-order valence-corrected chi connectivity index (χ2v) is 7.21. The first-order valence-corrected chi connectivity index (χ1v) is 8.09. The Balaban J connectivity index is 1.83.